The molecule has 1 aromatic heterocycles. The van der Waals surface area contributed by atoms with Gasteiger partial charge in [-0.15, -0.1) is 0 Å². The van der Waals surface area contributed by atoms with E-state index in [4.69, 9.17) is 15.5 Å². The third-order valence-electron chi connectivity index (χ3n) is 3.35. The zero-order valence-corrected chi connectivity index (χ0v) is 14.3. The Kier molecular flexibility index (Phi) is 4.01. The topological polar surface area (TPSA) is 61.0 Å². The minimum absolute atomic E-state index is 0.169. The van der Waals surface area contributed by atoms with Gasteiger partial charge in [-0.25, -0.2) is 9.97 Å². The first-order valence-electron chi connectivity index (χ1n) is 7.14. The van der Waals surface area contributed by atoms with Crippen LogP contribution in [0.2, 0.25) is 0 Å². The Balaban J connectivity index is 1.93. The highest BCUT2D eigenvalue weighted by molar-refractivity contribution is 14.1. The zero-order chi connectivity index (χ0) is 15.0. The molecule has 0 aliphatic heterocycles. The van der Waals surface area contributed by atoms with Crippen molar-refractivity contribution in [2.45, 2.75) is 38.7 Å². The maximum atomic E-state index is 6.04. The number of nitrogens with zero attached hydrogens (tertiary/aromatic N) is 2. The number of rotatable bonds is 4. The summed E-state index contributed by atoms with van der Waals surface area (Å²) in [6.07, 6.45) is 2.57. The van der Waals surface area contributed by atoms with Gasteiger partial charge in [0.25, 0.3) is 0 Å². The van der Waals surface area contributed by atoms with Crippen molar-refractivity contribution in [2.24, 2.45) is 0 Å². The molecule has 110 valence electrons. The van der Waals surface area contributed by atoms with Crippen LogP contribution in [0.25, 0.3) is 11.4 Å². The van der Waals surface area contributed by atoms with E-state index in [1.165, 1.54) is 12.8 Å². The van der Waals surface area contributed by atoms with Gasteiger partial charge in [0.05, 0.1) is 15.4 Å². The number of halogens is 1. The average Bonchev–Trinajstić information content (AvgIpc) is 3.26. The van der Waals surface area contributed by atoms with Crippen molar-refractivity contribution in [1.29, 1.82) is 0 Å². The lowest BCUT2D eigenvalue weighted by molar-refractivity contribution is 0.242. The van der Waals surface area contributed by atoms with Gasteiger partial charge in [-0.05, 0) is 73.5 Å². The van der Waals surface area contributed by atoms with Crippen LogP contribution in [0.4, 0.5) is 5.82 Å². The normalized spacial score (nSPS) is 14.5. The summed E-state index contributed by atoms with van der Waals surface area (Å²) in [7, 11) is 0. The van der Waals surface area contributed by atoms with Crippen LogP contribution in [-0.2, 0) is 0 Å². The van der Waals surface area contributed by atoms with Crippen molar-refractivity contribution >= 4 is 28.4 Å². The van der Waals surface area contributed by atoms with Crippen LogP contribution >= 0.6 is 22.6 Å². The Morgan fingerprint density at radius 2 is 1.86 bits per heavy atom. The number of benzene rings is 1. The summed E-state index contributed by atoms with van der Waals surface area (Å²) in [5.74, 6) is 2.69. The second kappa shape index (κ2) is 5.79. The van der Waals surface area contributed by atoms with Gasteiger partial charge < -0.3 is 10.5 Å². The highest BCUT2D eigenvalue weighted by atomic mass is 127. The Hall–Kier alpha value is -1.37. The lowest BCUT2D eigenvalue weighted by Gasteiger charge is -2.11. The molecule has 4 nitrogen and oxygen atoms in total. The molecule has 1 saturated carbocycles. The molecule has 1 heterocycles. The summed E-state index contributed by atoms with van der Waals surface area (Å²) in [4.78, 5) is 9.14. The molecule has 0 amide bonds. The highest BCUT2D eigenvalue weighted by Gasteiger charge is 2.29. The molecule has 5 heteroatoms. The molecule has 0 bridgehead atoms. The van der Waals surface area contributed by atoms with Gasteiger partial charge in [0.1, 0.15) is 11.6 Å². The monoisotopic (exact) mass is 395 g/mol. The molecular weight excluding hydrogens is 377 g/mol. The molecule has 3 rings (SSSR count). The molecule has 0 spiro atoms. The van der Waals surface area contributed by atoms with Crippen LogP contribution in [0.3, 0.4) is 0 Å². The fourth-order valence-corrected chi connectivity index (χ4v) is 2.88. The van der Waals surface area contributed by atoms with Crippen molar-refractivity contribution in [3.8, 4) is 17.1 Å². The lowest BCUT2D eigenvalue weighted by Crippen LogP contribution is -2.06. The van der Waals surface area contributed by atoms with Gasteiger partial charge in [0.2, 0.25) is 0 Å². The third kappa shape index (κ3) is 3.28. The van der Waals surface area contributed by atoms with Gasteiger partial charge >= 0.3 is 0 Å². The van der Waals surface area contributed by atoms with Crippen LogP contribution in [0.5, 0.6) is 5.75 Å². The van der Waals surface area contributed by atoms with E-state index >= 15 is 0 Å². The van der Waals surface area contributed by atoms with Crippen molar-refractivity contribution in [3.05, 3.63) is 33.5 Å². The molecule has 0 saturated heterocycles. The van der Waals surface area contributed by atoms with Crippen LogP contribution in [0.1, 0.15) is 38.3 Å². The fraction of sp³-hybridized carbons (Fsp3) is 0.375. The van der Waals surface area contributed by atoms with Crippen LogP contribution in [-0.4, -0.2) is 16.1 Å². The predicted octanol–water partition coefficient (Wildman–Crippen LogP) is 4.00. The molecule has 0 atom stereocenters. The zero-order valence-electron chi connectivity index (χ0n) is 12.1. The van der Waals surface area contributed by atoms with Crippen molar-refractivity contribution in [2.75, 3.05) is 5.73 Å². The van der Waals surface area contributed by atoms with E-state index in [0.717, 1.165) is 20.6 Å². The minimum Gasteiger partial charge on any atom is -0.491 e. The lowest BCUT2D eigenvalue weighted by atomic mass is 10.2. The Morgan fingerprint density at radius 3 is 2.43 bits per heavy atom. The van der Waals surface area contributed by atoms with Gasteiger partial charge in [0.15, 0.2) is 5.82 Å². The van der Waals surface area contributed by atoms with E-state index < -0.39 is 0 Å². The molecule has 2 N–H and O–H groups in total. The maximum Gasteiger partial charge on any atom is 0.161 e. The van der Waals surface area contributed by atoms with Gasteiger partial charge in [-0.2, -0.15) is 0 Å². The van der Waals surface area contributed by atoms with E-state index in [1.807, 2.05) is 38.1 Å². The molecule has 0 unspecified atom stereocenters. The largest absolute Gasteiger partial charge is 0.491 e. The maximum absolute atomic E-state index is 6.04. The van der Waals surface area contributed by atoms with Crippen LogP contribution in [0.15, 0.2) is 24.3 Å². The number of aromatic nitrogens is 2. The molecule has 0 radical (unpaired) electrons. The highest BCUT2D eigenvalue weighted by Crippen LogP contribution is 2.42. The number of nitrogens with two attached hydrogens (primary N) is 1. The molecule has 21 heavy (non-hydrogen) atoms. The summed E-state index contributed by atoms with van der Waals surface area (Å²) < 4.78 is 6.65. The second-order valence-corrected chi connectivity index (χ2v) is 6.68. The smallest absolute Gasteiger partial charge is 0.161 e. The summed E-state index contributed by atoms with van der Waals surface area (Å²) >= 11 is 2.24. The van der Waals surface area contributed by atoms with Crippen molar-refractivity contribution in [3.63, 3.8) is 0 Å². The van der Waals surface area contributed by atoms with Gasteiger partial charge in [0, 0.05) is 11.5 Å². The predicted molar refractivity (Wildman–Crippen MR) is 92.3 cm³/mol. The summed E-state index contributed by atoms with van der Waals surface area (Å²) in [6.45, 7) is 4.03. The average molecular weight is 395 g/mol. The van der Waals surface area contributed by atoms with E-state index in [9.17, 15) is 0 Å². The fourth-order valence-electron chi connectivity index (χ4n) is 2.19. The van der Waals surface area contributed by atoms with Crippen LogP contribution < -0.4 is 10.5 Å². The van der Waals surface area contributed by atoms with Crippen LogP contribution in [0, 0.1) is 3.57 Å². The standard InChI is InChI=1S/C16H18IN3O/c1-9(2)21-12-7-5-11(6-8-12)16-19-14(10-3-4-10)13(17)15(18)20-16/h5-10H,3-4H2,1-2H3,(H2,18,19,20). The third-order valence-corrected chi connectivity index (χ3v) is 4.46. The van der Waals surface area contributed by atoms with Gasteiger partial charge in [-0.3, -0.25) is 0 Å². The minimum atomic E-state index is 0.169. The summed E-state index contributed by atoms with van der Waals surface area (Å²) in [5.41, 5.74) is 8.10. The molecule has 1 aliphatic carbocycles. The van der Waals surface area contributed by atoms with Crippen molar-refractivity contribution in [1.82, 2.24) is 9.97 Å². The van der Waals surface area contributed by atoms with E-state index in [1.54, 1.807) is 0 Å². The SMILES string of the molecule is CC(C)Oc1ccc(-c2nc(N)c(I)c(C3CC3)n2)cc1. The number of nitrogen functional groups attached to an aromatic ring is 1. The molecule has 1 fully saturated rings. The molecular formula is C16H18IN3O. The molecule has 2 aromatic rings. The Bertz CT molecular complexity index is 651. The van der Waals surface area contributed by atoms with Gasteiger partial charge in [-0.1, -0.05) is 0 Å². The first kappa shape index (κ1) is 14.6. The Labute approximate surface area is 138 Å². The Morgan fingerprint density at radius 1 is 1.19 bits per heavy atom. The summed E-state index contributed by atoms with van der Waals surface area (Å²) in [5, 5.41) is 0. The summed E-state index contributed by atoms with van der Waals surface area (Å²) in [6, 6.07) is 7.86. The van der Waals surface area contributed by atoms with Crippen molar-refractivity contribution < 1.29 is 4.74 Å². The number of anilines is 1. The second-order valence-electron chi connectivity index (χ2n) is 5.60. The quantitative estimate of drug-likeness (QED) is 0.796. The van der Waals surface area contributed by atoms with E-state index in [-0.39, 0.29) is 6.10 Å². The van der Waals surface area contributed by atoms with E-state index in [0.29, 0.717) is 17.6 Å². The first-order valence-corrected chi connectivity index (χ1v) is 8.22. The molecule has 1 aromatic carbocycles. The van der Waals surface area contributed by atoms with E-state index in [2.05, 4.69) is 27.6 Å². The number of ether oxygens (including phenoxy) is 1. The number of hydrogen-bond donors (Lipinski definition) is 1. The molecule has 1 aliphatic rings. The first-order chi connectivity index (χ1) is 10.0. The number of hydrogen-bond acceptors (Lipinski definition) is 4.